The molecule has 1 fully saturated rings. The summed E-state index contributed by atoms with van der Waals surface area (Å²) >= 11 is 0. The van der Waals surface area contributed by atoms with Crippen LogP contribution in [0, 0.1) is 11.3 Å². The quantitative estimate of drug-likeness (QED) is 0.297. The van der Waals surface area contributed by atoms with Gasteiger partial charge in [-0.3, -0.25) is 14.3 Å². The lowest BCUT2D eigenvalue weighted by Crippen LogP contribution is -2.36. The molecule has 1 N–H and O–H groups in total. The number of carbonyl (C=O) groups is 1. The topological polar surface area (TPSA) is 135 Å². The molecule has 3 heterocycles. The molecule has 212 valence electrons. The highest BCUT2D eigenvalue weighted by Gasteiger charge is 2.30. The number of aliphatic carboxylic acids is 1. The molecule has 0 aliphatic heterocycles. The standard InChI is InChI=1S/C31H34N6O4/c1-3-7-27-25(16-20-10-15-26(33-18-20)24-9-6-5-8-21(24)17-32)29(38)36(31-34-19-35-37(27)31)22-11-13-23(14-12-22)41-28(4-2)30(39)40/h5-6,8-10,15,18-19,22-23,28H,3-4,7,11-14,16H2,1-2H3,(H,39,40). The van der Waals surface area contributed by atoms with Crippen molar-refractivity contribution >= 4 is 11.7 Å². The van der Waals surface area contributed by atoms with E-state index in [1.54, 1.807) is 28.3 Å². The number of carboxylic acid groups (broad SMARTS) is 1. The third-order valence-corrected chi connectivity index (χ3v) is 7.85. The van der Waals surface area contributed by atoms with Crippen molar-refractivity contribution in [3.63, 3.8) is 0 Å². The second-order valence-electron chi connectivity index (χ2n) is 10.5. The Labute approximate surface area is 238 Å². The van der Waals surface area contributed by atoms with Gasteiger partial charge in [-0.2, -0.15) is 15.3 Å². The molecule has 1 aliphatic carbocycles. The Morgan fingerprint density at radius 3 is 2.59 bits per heavy atom. The Morgan fingerprint density at radius 1 is 1.15 bits per heavy atom. The molecule has 1 aromatic carbocycles. The van der Waals surface area contributed by atoms with Crippen molar-refractivity contribution < 1.29 is 14.6 Å². The van der Waals surface area contributed by atoms with Gasteiger partial charge in [0.2, 0.25) is 5.78 Å². The SMILES string of the molecule is CCCc1c(Cc2ccc(-c3ccccc3C#N)nc2)c(=O)n(C2CCC(OC(CC)C(=O)O)CC2)c2ncnn12. The molecule has 0 bridgehead atoms. The Kier molecular flexibility index (Phi) is 8.55. The molecule has 0 spiro atoms. The normalized spacial score (nSPS) is 17.8. The van der Waals surface area contributed by atoms with Crippen LogP contribution >= 0.6 is 0 Å². The zero-order valence-corrected chi connectivity index (χ0v) is 23.4. The Bertz CT molecular complexity index is 1630. The number of hydrogen-bond acceptors (Lipinski definition) is 7. The molecule has 1 aliphatic rings. The predicted molar refractivity (Wildman–Crippen MR) is 153 cm³/mol. The number of aromatic nitrogens is 5. The average molecular weight is 555 g/mol. The van der Waals surface area contributed by atoms with Crippen molar-refractivity contribution in [2.45, 2.75) is 83.5 Å². The van der Waals surface area contributed by atoms with Crippen LogP contribution in [0.1, 0.15) is 80.8 Å². The fourth-order valence-corrected chi connectivity index (χ4v) is 5.78. The molecule has 1 saturated carbocycles. The molecular formula is C31H34N6O4. The van der Waals surface area contributed by atoms with Gasteiger partial charge in [-0.05, 0) is 56.2 Å². The largest absolute Gasteiger partial charge is 0.479 e. The number of rotatable bonds is 10. The van der Waals surface area contributed by atoms with E-state index in [-0.39, 0.29) is 17.7 Å². The number of pyridine rings is 1. The van der Waals surface area contributed by atoms with E-state index in [9.17, 15) is 20.0 Å². The summed E-state index contributed by atoms with van der Waals surface area (Å²) in [5, 5.41) is 23.4. The first-order valence-electron chi connectivity index (χ1n) is 14.2. The van der Waals surface area contributed by atoms with Crippen LogP contribution in [-0.4, -0.2) is 47.4 Å². The van der Waals surface area contributed by atoms with Crippen molar-refractivity contribution in [3.05, 3.63) is 81.7 Å². The van der Waals surface area contributed by atoms with E-state index < -0.39 is 12.1 Å². The summed E-state index contributed by atoms with van der Waals surface area (Å²) in [7, 11) is 0. The van der Waals surface area contributed by atoms with Gasteiger partial charge in [-0.15, -0.1) is 0 Å². The first-order valence-corrected chi connectivity index (χ1v) is 14.2. The molecule has 41 heavy (non-hydrogen) atoms. The summed E-state index contributed by atoms with van der Waals surface area (Å²) in [4.78, 5) is 34.7. The Morgan fingerprint density at radius 2 is 1.93 bits per heavy atom. The maximum Gasteiger partial charge on any atom is 0.332 e. The third kappa shape index (κ3) is 5.77. The van der Waals surface area contributed by atoms with E-state index in [0.29, 0.717) is 67.5 Å². The summed E-state index contributed by atoms with van der Waals surface area (Å²) in [6, 6.07) is 13.3. The zero-order chi connectivity index (χ0) is 28.9. The average Bonchev–Trinajstić information content (AvgIpc) is 3.48. The van der Waals surface area contributed by atoms with Gasteiger partial charge in [0.25, 0.3) is 5.56 Å². The van der Waals surface area contributed by atoms with Gasteiger partial charge in [-0.25, -0.2) is 9.31 Å². The summed E-state index contributed by atoms with van der Waals surface area (Å²) in [5.74, 6) is -0.408. The van der Waals surface area contributed by atoms with E-state index in [1.165, 1.54) is 6.33 Å². The summed E-state index contributed by atoms with van der Waals surface area (Å²) in [6.07, 6.45) is 7.35. The number of ether oxygens (including phenoxy) is 1. The highest BCUT2D eigenvalue weighted by molar-refractivity contribution is 5.72. The molecule has 10 heteroatoms. The molecule has 0 saturated heterocycles. The van der Waals surface area contributed by atoms with Crippen molar-refractivity contribution in [3.8, 4) is 17.3 Å². The summed E-state index contributed by atoms with van der Waals surface area (Å²) < 4.78 is 9.43. The Hall–Kier alpha value is -4.36. The van der Waals surface area contributed by atoms with Crippen LogP contribution in [0.2, 0.25) is 0 Å². The van der Waals surface area contributed by atoms with Crippen LogP contribution in [0.25, 0.3) is 17.0 Å². The van der Waals surface area contributed by atoms with E-state index in [1.807, 2.05) is 30.3 Å². The molecule has 1 atom stereocenters. The minimum atomic E-state index is -0.941. The fourth-order valence-electron chi connectivity index (χ4n) is 5.78. The van der Waals surface area contributed by atoms with E-state index in [0.717, 1.165) is 23.2 Å². The number of carboxylic acids is 1. The molecule has 10 nitrogen and oxygen atoms in total. The number of benzene rings is 1. The van der Waals surface area contributed by atoms with E-state index in [2.05, 4.69) is 28.1 Å². The number of aryl methyl sites for hydroxylation is 1. The maximum atomic E-state index is 14.2. The first kappa shape index (κ1) is 28.2. The van der Waals surface area contributed by atoms with E-state index >= 15 is 0 Å². The minimum absolute atomic E-state index is 0.0748. The maximum absolute atomic E-state index is 14.2. The lowest BCUT2D eigenvalue weighted by molar-refractivity contribution is -0.156. The monoisotopic (exact) mass is 554 g/mol. The van der Waals surface area contributed by atoms with Gasteiger partial charge in [0.1, 0.15) is 6.33 Å². The van der Waals surface area contributed by atoms with Crippen molar-refractivity contribution in [1.82, 2.24) is 24.1 Å². The van der Waals surface area contributed by atoms with Crippen LogP contribution in [0.3, 0.4) is 0 Å². The predicted octanol–water partition coefficient (Wildman–Crippen LogP) is 4.73. The van der Waals surface area contributed by atoms with Gasteiger partial charge < -0.3 is 9.84 Å². The smallest absolute Gasteiger partial charge is 0.332 e. The Balaban J connectivity index is 1.46. The number of hydrogen-bond donors (Lipinski definition) is 1. The van der Waals surface area contributed by atoms with Crippen LogP contribution in [0.5, 0.6) is 0 Å². The van der Waals surface area contributed by atoms with Gasteiger partial charge in [-0.1, -0.05) is 44.5 Å². The third-order valence-electron chi connectivity index (χ3n) is 7.85. The number of nitriles is 1. The summed E-state index contributed by atoms with van der Waals surface area (Å²) in [5.41, 5.74) is 4.38. The molecular weight excluding hydrogens is 520 g/mol. The number of fused-ring (bicyclic) bond motifs is 1. The second-order valence-corrected chi connectivity index (χ2v) is 10.5. The van der Waals surface area contributed by atoms with Gasteiger partial charge in [0.05, 0.1) is 29.1 Å². The van der Waals surface area contributed by atoms with Crippen molar-refractivity contribution in [1.29, 1.82) is 5.26 Å². The molecule has 5 rings (SSSR count). The van der Waals surface area contributed by atoms with Crippen LogP contribution in [0.4, 0.5) is 0 Å². The van der Waals surface area contributed by atoms with Gasteiger partial charge >= 0.3 is 5.97 Å². The molecule has 0 radical (unpaired) electrons. The zero-order valence-electron chi connectivity index (χ0n) is 23.4. The van der Waals surface area contributed by atoms with Crippen molar-refractivity contribution in [2.24, 2.45) is 0 Å². The van der Waals surface area contributed by atoms with Crippen LogP contribution in [0.15, 0.2) is 53.7 Å². The van der Waals surface area contributed by atoms with Gasteiger partial charge in [0, 0.05) is 29.8 Å². The fraction of sp³-hybridized carbons (Fsp3) is 0.419. The van der Waals surface area contributed by atoms with E-state index in [4.69, 9.17) is 4.74 Å². The molecule has 0 amide bonds. The lowest BCUT2D eigenvalue weighted by Gasteiger charge is -2.31. The molecule has 1 unspecified atom stereocenters. The highest BCUT2D eigenvalue weighted by Crippen LogP contribution is 2.32. The molecule has 3 aromatic heterocycles. The van der Waals surface area contributed by atoms with Gasteiger partial charge in [0.15, 0.2) is 6.10 Å². The first-order chi connectivity index (χ1) is 19.9. The lowest BCUT2D eigenvalue weighted by atomic mass is 9.92. The molecule has 4 aromatic rings. The second kappa shape index (κ2) is 12.4. The van der Waals surface area contributed by atoms with Crippen LogP contribution < -0.4 is 5.56 Å². The highest BCUT2D eigenvalue weighted by atomic mass is 16.5. The van der Waals surface area contributed by atoms with Crippen molar-refractivity contribution in [2.75, 3.05) is 0 Å². The van der Waals surface area contributed by atoms with Crippen LogP contribution in [-0.2, 0) is 22.4 Å². The number of nitrogens with zero attached hydrogens (tertiary/aromatic N) is 6. The minimum Gasteiger partial charge on any atom is -0.479 e. The summed E-state index contributed by atoms with van der Waals surface area (Å²) in [6.45, 7) is 3.88.